The number of para-hydroxylation sites is 1. The summed E-state index contributed by atoms with van der Waals surface area (Å²) in [6, 6.07) is 12.0. The molecule has 1 heterocycles. The molecule has 2 aromatic carbocycles. The molecule has 0 aliphatic heterocycles. The van der Waals surface area contributed by atoms with Crippen LogP contribution in [-0.2, 0) is 21.4 Å². The molecule has 0 saturated heterocycles. The molecule has 1 amide bonds. The van der Waals surface area contributed by atoms with Crippen LogP contribution in [0.1, 0.15) is 41.7 Å². The van der Waals surface area contributed by atoms with E-state index in [1.54, 1.807) is 17.4 Å². The van der Waals surface area contributed by atoms with Crippen molar-refractivity contribution in [3.63, 3.8) is 0 Å². The van der Waals surface area contributed by atoms with E-state index >= 15 is 0 Å². The highest BCUT2D eigenvalue weighted by molar-refractivity contribution is 7.18. The molecule has 0 fully saturated rings. The Morgan fingerprint density at radius 1 is 1.19 bits per heavy atom. The molecule has 0 aliphatic carbocycles. The van der Waals surface area contributed by atoms with E-state index in [1.807, 2.05) is 45.0 Å². The lowest BCUT2D eigenvalue weighted by Gasteiger charge is -2.19. The van der Waals surface area contributed by atoms with Crippen molar-refractivity contribution < 1.29 is 19.2 Å². The van der Waals surface area contributed by atoms with E-state index in [9.17, 15) is 19.7 Å². The van der Waals surface area contributed by atoms with Crippen molar-refractivity contribution in [3.8, 4) is 0 Å². The van der Waals surface area contributed by atoms with Crippen LogP contribution >= 0.6 is 11.3 Å². The van der Waals surface area contributed by atoms with Crippen LogP contribution in [0.2, 0.25) is 0 Å². The molecule has 9 heteroatoms. The third-order valence-electron chi connectivity index (χ3n) is 4.57. The van der Waals surface area contributed by atoms with E-state index in [0.29, 0.717) is 18.5 Å². The predicted molar refractivity (Wildman–Crippen MR) is 118 cm³/mol. The molecule has 162 valence electrons. The lowest BCUT2D eigenvalue weighted by atomic mass is 9.85. The first-order chi connectivity index (χ1) is 14.6. The smallest absolute Gasteiger partial charge is 0.338 e. The van der Waals surface area contributed by atoms with E-state index in [1.165, 1.54) is 12.1 Å². The molecule has 31 heavy (non-hydrogen) atoms. The van der Waals surface area contributed by atoms with Crippen LogP contribution in [0.5, 0.6) is 0 Å². The summed E-state index contributed by atoms with van der Waals surface area (Å²) < 4.78 is 6.10. The summed E-state index contributed by atoms with van der Waals surface area (Å²) in [5.74, 6) is -1.24. The fourth-order valence-corrected chi connectivity index (χ4v) is 4.01. The van der Waals surface area contributed by atoms with E-state index in [4.69, 9.17) is 4.74 Å². The van der Waals surface area contributed by atoms with Gasteiger partial charge in [0.2, 0.25) is 0 Å². The molecule has 1 aromatic heterocycles. The summed E-state index contributed by atoms with van der Waals surface area (Å²) in [6.45, 7) is 5.46. The quantitative estimate of drug-likeness (QED) is 0.337. The maximum Gasteiger partial charge on any atom is 0.338 e. The summed E-state index contributed by atoms with van der Waals surface area (Å²) in [7, 11) is 0. The second kappa shape index (κ2) is 9.22. The van der Waals surface area contributed by atoms with Crippen LogP contribution in [-0.4, -0.2) is 34.9 Å². The fourth-order valence-electron chi connectivity index (χ4n) is 3.05. The highest BCUT2D eigenvalue weighted by Gasteiger charge is 2.26. The number of hydrogen-bond donors (Lipinski definition) is 1. The molecular formula is C22H23N3O5S. The molecule has 0 aliphatic rings. The van der Waals surface area contributed by atoms with Crippen molar-refractivity contribution in [2.24, 2.45) is 0 Å². The Morgan fingerprint density at radius 3 is 2.61 bits per heavy atom. The van der Waals surface area contributed by atoms with Gasteiger partial charge in [0.15, 0.2) is 6.61 Å². The third-order valence-corrected chi connectivity index (χ3v) is 5.67. The summed E-state index contributed by atoms with van der Waals surface area (Å²) in [6.07, 6.45) is 0.569. The van der Waals surface area contributed by atoms with Gasteiger partial charge in [-0.05, 0) is 23.6 Å². The number of ether oxygens (including phenoxy) is 1. The van der Waals surface area contributed by atoms with Crippen molar-refractivity contribution in [3.05, 3.63) is 68.7 Å². The SMILES string of the molecule is CC(C)(C)c1ccc(C(=O)OCC(=O)NCCc2nc3ccccc3s2)cc1[N+](=O)[O-]. The zero-order chi connectivity index (χ0) is 22.6. The average Bonchev–Trinajstić information content (AvgIpc) is 3.13. The summed E-state index contributed by atoms with van der Waals surface area (Å²) in [5.41, 5.74) is 0.869. The van der Waals surface area contributed by atoms with E-state index in [2.05, 4.69) is 10.3 Å². The Morgan fingerprint density at radius 2 is 1.94 bits per heavy atom. The van der Waals surface area contributed by atoms with E-state index in [-0.39, 0.29) is 11.3 Å². The van der Waals surface area contributed by atoms with Crippen molar-refractivity contribution >= 4 is 39.1 Å². The summed E-state index contributed by atoms with van der Waals surface area (Å²) >= 11 is 1.57. The number of nitrogens with zero attached hydrogens (tertiary/aromatic N) is 2. The van der Waals surface area contributed by atoms with Crippen LogP contribution in [0, 0.1) is 10.1 Å². The van der Waals surface area contributed by atoms with Crippen LogP contribution in [0.4, 0.5) is 5.69 Å². The van der Waals surface area contributed by atoms with Gasteiger partial charge in [-0.25, -0.2) is 9.78 Å². The van der Waals surface area contributed by atoms with Gasteiger partial charge in [-0.1, -0.05) is 39.0 Å². The number of esters is 1. The number of hydrogen-bond acceptors (Lipinski definition) is 7. The van der Waals surface area contributed by atoms with Gasteiger partial charge < -0.3 is 10.1 Å². The number of nitrogens with one attached hydrogen (secondary N) is 1. The highest BCUT2D eigenvalue weighted by Crippen LogP contribution is 2.32. The Kier molecular flexibility index (Phi) is 6.65. The van der Waals surface area contributed by atoms with Crippen LogP contribution in [0.25, 0.3) is 10.2 Å². The molecule has 0 saturated carbocycles. The molecule has 3 rings (SSSR count). The summed E-state index contributed by atoms with van der Waals surface area (Å²) in [5, 5.41) is 15.0. The Hall–Kier alpha value is -3.33. The van der Waals surface area contributed by atoms with Gasteiger partial charge in [-0.15, -0.1) is 11.3 Å². The van der Waals surface area contributed by atoms with Gasteiger partial charge in [0, 0.05) is 24.6 Å². The Balaban J connectivity index is 1.52. The first kappa shape index (κ1) is 22.4. The van der Waals surface area contributed by atoms with Crippen molar-refractivity contribution in [2.45, 2.75) is 32.6 Å². The molecule has 1 N–H and O–H groups in total. The minimum absolute atomic E-state index is 0.0296. The fraction of sp³-hybridized carbons (Fsp3) is 0.318. The summed E-state index contributed by atoms with van der Waals surface area (Å²) in [4.78, 5) is 39.6. The maximum absolute atomic E-state index is 12.2. The lowest BCUT2D eigenvalue weighted by Crippen LogP contribution is -2.30. The molecule has 8 nitrogen and oxygen atoms in total. The number of nitro benzene ring substituents is 1. The number of carbonyl (C=O) groups is 2. The largest absolute Gasteiger partial charge is 0.452 e. The number of amides is 1. The zero-order valence-electron chi connectivity index (χ0n) is 17.5. The number of carbonyl (C=O) groups excluding carboxylic acids is 2. The van der Waals surface area contributed by atoms with Crippen molar-refractivity contribution in [1.82, 2.24) is 10.3 Å². The minimum atomic E-state index is -0.787. The number of aromatic nitrogens is 1. The van der Waals surface area contributed by atoms with Crippen molar-refractivity contribution in [1.29, 1.82) is 0 Å². The molecule has 3 aromatic rings. The molecule has 0 spiro atoms. The second-order valence-corrected chi connectivity index (χ2v) is 9.11. The predicted octanol–water partition coefficient (Wildman–Crippen LogP) is 4.02. The third kappa shape index (κ3) is 5.64. The van der Waals surface area contributed by atoms with E-state index < -0.39 is 28.8 Å². The molecule has 0 atom stereocenters. The van der Waals surface area contributed by atoms with Crippen LogP contribution < -0.4 is 5.32 Å². The Bertz CT molecular complexity index is 1100. The zero-order valence-corrected chi connectivity index (χ0v) is 18.3. The lowest BCUT2D eigenvalue weighted by molar-refractivity contribution is -0.386. The number of benzene rings is 2. The molecular weight excluding hydrogens is 418 g/mol. The van der Waals surface area contributed by atoms with Gasteiger partial charge >= 0.3 is 5.97 Å². The van der Waals surface area contributed by atoms with Crippen molar-refractivity contribution in [2.75, 3.05) is 13.2 Å². The molecule has 0 unspecified atom stereocenters. The first-order valence-corrected chi connectivity index (χ1v) is 10.5. The Labute approximate surface area is 183 Å². The van der Waals surface area contributed by atoms with Crippen LogP contribution in [0.15, 0.2) is 42.5 Å². The van der Waals surface area contributed by atoms with E-state index in [0.717, 1.165) is 15.2 Å². The highest BCUT2D eigenvalue weighted by atomic mass is 32.1. The molecule has 0 bridgehead atoms. The number of fused-ring (bicyclic) bond motifs is 1. The molecule has 0 radical (unpaired) electrons. The average molecular weight is 442 g/mol. The van der Waals surface area contributed by atoms with Crippen LogP contribution in [0.3, 0.4) is 0 Å². The van der Waals surface area contributed by atoms with Gasteiger partial charge in [0.25, 0.3) is 11.6 Å². The van der Waals surface area contributed by atoms with Gasteiger partial charge in [0.1, 0.15) is 0 Å². The number of thiazole rings is 1. The second-order valence-electron chi connectivity index (χ2n) is 7.99. The number of nitro groups is 1. The maximum atomic E-state index is 12.2. The van der Waals surface area contributed by atoms with Gasteiger partial charge in [-0.2, -0.15) is 0 Å². The van der Waals surface area contributed by atoms with Gasteiger partial charge in [-0.3, -0.25) is 14.9 Å². The minimum Gasteiger partial charge on any atom is -0.452 e. The first-order valence-electron chi connectivity index (χ1n) is 9.72. The standard InChI is InChI=1S/C22H23N3O5S/c1-22(2,3)15-9-8-14(12-17(15)25(28)29)21(27)30-13-19(26)23-11-10-20-24-16-6-4-5-7-18(16)31-20/h4-9,12H,10-11,13H2,1-3H3,(H,23,26). The topological polar surface area (TPSA) is 111 Å². The van der Waals surface area contributed by atoms with Gasteiger partial charge in [0.05, 0.1) is 25.7 Å². The normalized spacial score (nSPS) is 11.3. The monoisotopic (exact) mass is 441 g/mol. The number of rotatable bonds is 7.